The summed E-state index contributed by atoms with van der Waals surface area (Å²) in [6.45, 7) is -1.03. The number of hydrogen-bond donors (Lipinski definition) is 3. The molecule has 12 heteroatoms. The van der Waals surface area contributed by atoms with Crippen LogP contribution in [-0.4, -0.2) is 67.4 Å². The molecule has 1 aromatic carbocycles. The number of Topliss-reactive ketones (excluding diaryl/α,β-unsaturated/α-hetero) is 1. The van der Waals surface area contributed by atoms with Crippen LogP contribution in [0, 0.1) is 5.82 Å². The van der Waals surface area contributed by atoms with Crippen molar-refractivity contribution in [3.63, 3.8) is 0 Å². The van der Waals surface area contributed by atoms with E-state index >= 15 is 0 Å². The Labute approximate surface area is 177 Å². The first-order valence-corrected chi connectivity index (χ1v) is 11.1. The molecule has 0 aromatic heterocycles. The van der Waals surface area contributed by atoms with E-state index in [9.17, 15) is 31.5 Å². The SMILES string of the molecule is CN(C)S(=O)(=O)N[C@H]1C(F)(F)CN[C@]1(Cc1cccc(Cl)c1F)C(=O)C1(O)CCC1. The Kier molecular flexibility index (Phi) is 6.02. The van der Waals surface area contributed by atoms with Gasteiger partial charge in [-0.2, -0.15) is 17.4 Å². The monoisotopic (exact) mass is 469 g/mol. The van der Waals surface area contributed by atoms with Gasteiger partial charge in [0, 0.05) is 20.5 Å². The van der Waals surface area contributed by atoms with Crippen LogP contribution in [0.3, 0.4) is 0 Å². The molecule has 3 rings (SSSR count). The van der Waals surface area contributed by atoms with E-state index in [-0.39, 0.29) is 23.4 Å². The summed E-state index contributed by atoms with van der Waals surface area (Å²) in [4.78, 5) is 13.4. The third-order valence-electron chi connectivity index (χ3n) is 5.81. The predicted molar refractivity (Wildman–Crippen MR) is 104 cm³/mol. The van der Waals surface area contributed by atoms with Gasteiger partial charge in [-0.1, -0.05) is 23.7 Å². The van der Waals surface area contributed by atoms with Gasteiger partial charge >= 0.3 is 0 Å². The summed E-state index contributed by atoms with van der Waals surface area (Å²) < 4.78 is 71.7. The summed E-state index contributed by atoms with van der Waals surface area (Å²) in [5.41, 5.74) is -4.34. The number of ketones is 1. The molecule has 1 aliphatic carbocycles. The fraction of sp³-hybridized carbons (Fsp3) is 0.611. The third kappa shape index (κ3) is 3.87. The van der Waals surface area contributed by atoms with E-state index in [2.05, 4.69) is 5.32 Å². The zero-order valence-electron chi connectivity index (χ0n) is 16.4. The second kappa shape index (κ2) is 7.72. The highest BCUT2D eigenvalue weighted by Crippen LogP contribution is 2.44. The molecule has 1 aliphatic heterocycles. The zero-order chi connectivity index (χ0) is 22.5. The van der Waals surface area contributed by atoms with Crippen LogP contribution >= 0.6 is 11.6 Å². The lowest BCUT2D eigenvalue weighted by molar-refractivity contribution is -0.155. The average molecular weight is 470 g/mol. The number of carbonyl (C=O) groups excluding carboxylic acids is 1. The van der Waals surface area contributed by atoms with Crippen LogP contribution < -0.4 is 10.0 Å². The number of alkyl halides is 2. The summed E-state index contributed by atoms with van der Waals surface area (Å²) in [6, 6.07) is 1.67. The van der Waals surface area contributed by atoms with Gasteiger partial charge in [0.2, 0.25) is 0 Å². The fourth-order valence-electron chi connectivity index (χ4n) is 3.88. The maximum atomic E-state index is 14.9. The van der Waals surface area contributed by atoms with Crippen LogP contribution in [0.2, 0.25) is 5.02 Å². The lowest BCUT2D eigenvalue weighted by Gasteiger charge is -2.44. The second-order valence-corrected chi connectivity index (χ2v) is 10.4. The van der Waals surface area contributed by atoms with E-state index in [4.69, 9.17) is 11.6 Å². The van der Waals surface area contributed by atoms with Crippen molar-refractivity contribution in [1.29, 1.82) is 0 Å². The number of nitrogens with zero attached hydrogens (tertiary/aromatic N) is 1. The van der Waals surface area contributed by atoms with E-state index in [0.29, 0.717) is 10.7 Å². The highest BCUT2D eigenvalue weighted by Gasteiger charge is 2.67. The normalized spacial score (nSPS) is 27.8. The Morgan fingerprint density at radius 3 is 2.53 bits per heavy atom. The standard InChI is InChI=1S/C18H23ClF3N3O4S/c1-25(2)30(28,29)24-14-17(23-10-18(14,21)22,15(26)16(27)7-4-8-16)9-11-5-3-6-12(19)13(11)20/h3,5-6,14,23-24,27H,4,7-10H2,1-2H3/t14-,17+/m1/s1. The van der Waals surface area contributed by atoms with Gasteiger partial charge in [-0.3, -0.25) is 10.1 Å². The average Bonchev–Trinajstić information content (AvgIpc) is 2.88. The summed E-state index contributed by atoms with van der Waals surface area (Å²) in [5, 5.41) is 12.8. The molecule has 2 aliphatic rings. The van der Waals surface area contributed by atoms with Gasteiger partial charge in [0.25, 0.3) is 16.1 Å². The minimum Gasteiger partial charge on any atom is -0.382 e. The first-order valence-electron chi connectivity index (χ1n) is 9.28. The molecular formula is C18H23ClF3N3O4S. The Morgan fingerprint density at radius 2 is 2.00 bits per heavy atom. The Bertz CT molecular complexity index is 956. The Morgan fingerprint density at radius 1 is 1.37 bits per heavy atom. The molecule has 2 fully saturated rings. The highest BCUT2D eigenvalue weighted by molar-refractivity contribution is 7.87. The van der Waals surface area contributed by atoms with Crippen LogP contribution in [0.1, 0.15) is 24.8 Å². The number of hydrogen-bond acceptors (Lipinski definition) is 5. The lowest BCUT2D eigenvalue weighted by atomic mass is 9.67. The van der Waals surface area contributed by atoms with Crippen molar-refractivity contribution < 1.29 is 31.5 Å². The number of carbonyl (C=O) groups is 1. The van der Waals surface area contributed by atoms with Crippen molar-refractivity contribution in [3.8, 4) is 0 Å². The number of nitrogens with one attached hydrogen (secondary N) is 2. The van der Waals surface area contributed by atoms with Crippen LogP contribution in [-0.2, 0) is 21.4 Å². The van der Waals surface area contributed by atoms with Gasteiger partial charge in [-0.15, -0.1) is 0 Å². The molecule has 1 saturated carbocycles. The van der Waals surface area contributed by atoms with Gasteiger partial charge in [-0.25, -0.2) is 13.2 Å². The van der Waals surface area contributed by atoms with Crippen molar-refractivity contribution >= 4 is 27.6 Å². The molecular weight excluding hydrogens is 447 g/mol. The molecule has 30 heavy (non-hydrogen) atoms. The first-order chi connectivity index (χ1) is 13.8. The molecule has 0 unspecified atom stereocenters. The van der Waals surface area contributed by atoms with E-state index < -0.39 is 57.9 Å². The number of rotatable bonds is 7. The van der Waals surface area contributed by atoms with Crippen molar-refractivity contribution in [2.24, 2.45) is 0 Å². The van der Waals surface area contributed by atoms with Crippen molar-refractivity contribution in [1.82, 2.24) is 14.3 Å². The summed E-state index contributed by atoms with van der Waals surface area (Å²) in [7, 11) is -2.11. The minimum absolute atomic E-state index is 0.0476. The van der Waals surface area contributed by atoms with E-state index in [0.717, 1.165) is 14.1 Å². The predicted octanol–water partition coefficient (Wildman–Crippen LogP) is 1.25. The van der Waals surface area contributed by atoms with E-state index in [1.165, 1.54) is 18.2 Å². The number of halogens is 4. The number of aliphatic hydroxyl groups is 1. The molecule has 0 spiro atoms. The van der Waals surface area contributed by atoms with E-state index in [1.807, 2.05) is 4.72 Å². The largest absolute Gasteiger partial charge is 0.382 e. The highest BCUT2D eigenvalue weighted by atomic mass is 35.5. The van der Waals surface area contributed by atoms with Gasteiger partial charge in [0.15, 0.2) is 5.78 Å². The summed E-state index contributed by atoms with van der Waals surface area (Å²) in [5.74, 6) is -5.59. The fourth-order valence-corrected chi connectivity index (χ4v) is 4.95. The Hall–Kier alpha value is -1.24. The van der Waals surface area contributed by atoms with Gasteiger partial charge in [0.05, 0.1) is 11.6 Å². The molecule has 7 nitrogen and oxygen atoms in total. The van der Waals surface area contributed by atoms with Crippen LogP contribution in [0.25, 0.3) is 0 Å². The summed E-state index contributed by atoms with van der Waals surface area (Å²) >= 11 is 5.80. The van der Waals surface area contributed by atoms with Crippen molar-refractivity contribution in [2.75, 3.05) is 20.6 Å². The van der Waals surface area contributed by atoms with E-state index in [1.54, 1.807) is 0 Å². The molecule has 1 aromatic rings. The maximum absolute atomic E-state index is 14.9. The molecule has 0 bridgehead atoms. The molecule has 1 heterocycles. The van der Waals surface area contributed by atoms with Gasteiger partial charge < -0.3 is 5.11 Å². The maximum Gasteiger partial charge on any atom is 0.279 e. The van der Waals surface area contributed by atoms with Crippen molar-refractivity contribution in [3.05, 3.63) is 34.6 Å². The van der Waals surface area contributed by atoms with Crippen LogP contribution in [0.5, 0.6) is 0 Å². The molecule has 0 radical (unpaired) electrons. The molecule has 3 N–H and O–H groups in total. The smallest absolute Gasteiger partial charge is 0.279 e. The molecule has 1 saturated heterocycles. The topological polar surface area (TPSA) is 98.7 Å². The molecule has 2 atom stereocenters. The lowest BCUT2D eigenvalue weighted by Crippen LogP contribution is -2.70. The molecule has 168 valence electrons. The van der Waals surface area contributed by atoms with Crippen LogP contribution in [0.15, 0.2) is 18.2 Å². The summed E-state index contributed by atoms with van der Waals surface area (Å²) in [6.07, 6.45) is -0.0247. The molecule has 0 amide bonds. The second-order valence-electron chi connectivity index (χ2n) is 8.03. The Balaban J connectivity index is 2.14. The third-order valence-corrected chi connectivity index (χ3v) is 7.60. The van der Waals surface area contributed by atoms with Crippen LogP contribution in [0.4, 0.5) is 13.2 Å². The quantitative estimate of drug-likeness (QED) is 0.558. The number of benzene rings is 1. The van der Waals surface area contributed by atoms with Gasteiger partial charge in [0.1, 0.15) is 23.0 Å². The minimum atomic E-state index is -4.39. The van der Waals surface area contributed by atoms with Gasteiger partial charge in [-0.05, 0) is 30.9 Å². The zero-order valence-corrected chi connectivity index (χ0v) is 18.0. The van der Waals surface area contributed by atoms with Crippen molar-refractivity contribution in [2.45, 2.75) is 48.8 Å². The first kappa shape index (κ1) is 23.4.